The van der Waals surface area contributed by atoms with Crippen LogP contribution in [0.15, 0.2) is 41.3 Å². The van der Waals surface area contributed by atoms with Crippen LogP contribution in [0.5, 0.6) is 0 Å². The Balaban J connectivity index is 1.95. The second-order valence-electron chi connectivity index (χ2n) is 5.37. The van der Waals surface area contributed by atoms with Crippen molar-refractivity contribution in [2.75, 3.05) is 5.32 Å². The van der Waals surface area contributed by atoms with Gasteiger partial charge in [-0.05, 0) is 27.9 Å². The number of anilines is 1. The van der Waals surface area contributed by atoms with Gasteiger partial charge in [0.25, 0.3) is 0 Å². The van der Waals surface area contributed by atoms with E-state index in [0.29, 0.717) is 12.5 Å². The predicted octanol–water partition coefficient (Wildman–Crippen LogP) is 2.86. The van der Waals surface area contributed by atoms with Crippen molar-refractivity contribution in [3.63, 3.8) is 0 Å². The van der Waals surface area contributed by atoms with Crippen LogP contribution < -0.4 is 10.0 Å². The first-order chi connectivity index (χ1) is 10.5. The van der Waals surface area contributed by atoms with Crippen LogP contribution in [0.25, 0.3) is 5.65 Å². The number of hydrogen-bond acceptors (Lipinski definition) is 4. The fourth-order valence-corrected chi connectivity index (χ4v) is 2.52. The lowest BCUT2D eigenvalue weighted by Crippen LogP contribution is -2.25. The van der Waals surface area contributed by atoms with Crippen molar-refractivity contribution in [3.05, 3.63) is 57.7 Å². The summed E-state index contributed by atoms with van der Waals surface area (Å²) in [5.74, 6) is 1.16. The maximum absolute atomic E-state index is 11.3. The fourth-order valence-electron chi connectivity index (χ4n) is 2.17. The molecule has 3 aromatic heterocycles. The Morgan fingerprint density at radius 1 is 1.45 bits per heavy atom. The molecule has 114 valence electrons. The number of nitrogens with one attached hydrogen (secondary N) is 1. The third-order valence-electron chi connectivity index (χ3n) is 3.35. The molecule has 3 aromatic rings. The minimum absolute atomic E-state index is 0.313. The molecule has 1 N–H and O–H groups in total. The zero-order valence-corrected chi connectivity index (χ0v) is 13.9. The van der Waals surface area contributed by atoms with E-state index in [9.17, 15) is 5.21 Å². The van der Waals surface area contributed by atoms with Gasteiger partial charge >= 0.3 is 0 Å². The van der Waals surface area contributed by atoms with Gasteiger partial charge in [0, 0.05) is 29.9 Å². The lowest BCUT2D eigenvalue weighted by atomic mass is 10.1. The number of pyridine rings is 1. The first kappa shape index (κ1) is 14.8. The molecule has 0 spiro atoms. The molecule has 0 atom stereocenters. The summed E-state index contributed by atoms with van der Waals surface area (Å²) >= 11 is 3.47. The third kappa shape index (κ3) is 2.89. The summed E-state index contributed by atoms with van der Waals surface area (Å²) in [5.41, 5.74) is 2.67. The van der Waals surface area contributed by atoms with E-state index >= 15 is 0 Å². The second kappa shape index (κ2) is 5.92. The maximum Gasteiger partial charge on any atom is 0.185 e. The highest BCUT2D eigenvalue weighted by atomic mass is 79.9. The van der Waals surface area contributed by atoms with E-state index in [-0.39, 0.29) is 0 Å². The van der Waals surface area contributed by atoms with Crippen molar-refractivity contribution in [3.8, 4) is 0 Å². The zero-order chi connectivity index (χ0) is 15.7. The average Bonchev–Trinajstić information content (AvgIpc) is 2.86. The van der Waals surface area contributed by atoms with Crippen LogP contribution in [-0.2, 0) is 6.54 Å². The molecule has 22 heavy (non-hydrogen) atoms. The Labute approximate surface area is 136 Å². The summed E-state index contributed by atoms with van der Waals surface area (Å²) in [5, 5.41) is 19.0. The topological polar surface area (TPSA) is 69.2 Å². The quantitative estimate of drug-likeness (QED) is 0.572. The molecule has 0 radical (unpaired) electrons. The molecule has 0 fully saturated rings. The zero-order valence-electron chi connectivity index (χ0n) is 12.3. The van der Waals surface area contributed by atoms with E-state index in [1.807, 2.05) is 12.1 Å². The van der Waals surface area contributed by atoms with Crippen molar-refractivity contribution in [1.29, 1.82) is 0 Å². The molecule has 0 bridgehead atoms. The molecule has 0 amide bonds. The summed E-state index contributed by atoms with van der Waals surface area (Å²) in [6.07, 6.45) is 4.75. The molecule has 0 saturated carbocycles. The highest BCUT2D eigenvalue weighted by molar-refractivity contribution is 9.10. The highest BCUT2D eigenvalue weighted by Gasteiger charge is 2.12. The number of rotatable bonds is 4. The SMILES string of the molecule is CC(C)c1cc(NCc2ccc[n+]([O-])c2)n2ncc(Br)c2n1. The van der Waals surface area contributed by atoms with Gasteiger partial charge < -0.3 is 10.5 Å². The average molecular weight is 362 g/mol. The molecule has 3 heterocycles. The van der Waals surface area contributed by atoms with Gasteiger partial charge in [0.1, 0.15) is 5.82 Å². The van der Waals surface area contributed by atoms with Crippen molar-refractivity contribution in [2.24, 2.45) is 0 Å². The maximum atomic E-state index is 11.3. The van der Waals surface area contributed by atoms with Crippen LogP contribution in [0.3, 0.4) is 0 Å². The Bertz CT molecular complexity index is 815. The third-order valence-corrected chi connectivity index (χ3v) is 3.91. The van der Waals surface area contributed by atoms with E-state index in [4.69, 9.17) is 0 Å². The molecule has 3 rings (SSSR count). The van der Waals surface area contributed by atoms with Crippen molar-refractivity contribution in [2.45, 2.75) is 26.3 Å². The molecular weight excluding hydrogens is 346 g/mol. The highest BCUT2D eigenvalue weighted by Crippen LogP contribution is 2.23. The van der Waals surface area contributed by atoms with Gasteiger partial charge in [-0.2, -0.15) is 14.3 Å². The number of nitrogens with zero attached hydrogens (tertiary/aromatic N) is 4. The summed E-state index contributed by atoms with van der Waals surface area (Å²) in [4.78, 5) is 4.62. The van der Waals surface area contributed by atoms with E-state index in [2.05, 4.69) is 45.2 Å². The Morgan fingerprint density at radius 3 is 3.00 bits per heavy atom. The number of halogens is 1. The van der Waals surface area contributed by atoms with Crippen LogP contribution in [0.4, 0.5) is 5.82 Å². The van der Waals surface area contributed by atoms with Crippen LogP contribution >= 0.6 is 15.9 Å². The molecule has 0 aliphatic carbocycles. The van der Waals surface area contributed by atoms with Gasteiger partial charge in [0.2, 0.25) is 0 Å². The molecule has 0 aliphatic heterocycles. The van der Waals surface area contributed by atoms with Crippen LogP contribution in [-0.4, -0.2) is 14.6 Å². The van der Waals surface area contributed by atoms with E-state index in [1.54, 1.807) is 23.0 Å². The van der Waals surface area contributed by atoms with Gasteiger partial charge in [-0.1, -0.05) is 13.8 Å². The molecule has 0 aliphatic rings. The van der Waals surface area contributed by atoms with Crippen molar-refractivity contribution in [1.82, 2.24) is 14.6 Å². The van der Waals surface area contributed by atoms with Gasteiger partial charge in [0.15, 0.2) is 18.0 Å². The Hall–Kier alpha value is -2.15. The Kier molecular flexibility index (Phi) is 3.98. The first-order valence-electron chi connectivity index (χ1n) is 7.00. The van der Waals surface area contributed by atoms with E-state index < -0.39 is 0 Å². The molecular formula is C15H16BrN5O. The van der Waals surface area contributed by atoms with Crippen molar-refractivity contribution < 1.29 is 4.73 Å². The Morgan fingerprint density at radius 2 is 2.27 bits per heavy atom. The van der Waals surface area contributed by atoms with Gasteiger partial charge in [-0.25, -0.2) is 4.98 Å². The molecule has 6 nitrogen and oxygen atoms in total. The first-order valence-corrected chi connectivity index (χ1v) is 7.79. The summed E-state index contributed by atoms with van der Waals surface area (Å²) in [6, 6.07) is 5.63. The normalized spacial score (nSPS) is 11.3. The number of fused-ring (bicyclic) bond motifs is 1. The summed E-state index contributed by atoms with van der Waals surface area (Å²) in [6.45, 7) is 4.74. The number of aromatic nitrogens is 4. The fraction of sp³-hybridized carbons (Fsp3) is 0.267. The lowest BCUT2D eigenvalue weighted by molar-refractivity contribution is -0.605. The van der Waals surface area contributed by atoms with E-state index in [0.717, 1.165) is 31.9 Å². The smallest absolute Gasteiger partial charge is 0.185 e. The predicted molar refractivity (Wildman–Crippen MR) is 87.5 cm³/mol. The van der Waals surface area contributed by atoms with Crippen LogP contribution in [0.2, 0.25) is 0 Å². The molecule has 0 saturated heterocycles. The van der Waals surface area contributed by atoms with Crippen LogP contribution in [0.1, 0.15) is 31.0 Å². The number of hydrogen-bond donors (Lipinski definition) is 1. The minimum Gasteiger partial charge on any atom is -0.619 e. The van der Waals surface area contributed by atoms with Gasteiger partial charge in [-0.3, -0.25) is 0 Å². The van der Waals surface area contributed by atoms with E-state index in [1.165, 1.54) is 6.20 Å². The summed E-state index contributed by atoms with van der Waals surface area (Å²) in [7, 11) is 0. The van der Waals surface area contributed by atoms with Gasteiger partial charge in [-0.15, -0.1) is 0 Å². The lowest BCUT2D eigenvalue weighted by Gasteiger charge is -2.12. The standard InChI is InChI=1S/C15H16BrN5O/c1-10(2)13-6-14(21-15(19-13)12(16)8-18-21)17-7-11-4-3-5-20(22)9-11/h3-6,8-10,17H,7H2,1-2H3. The monoisotopic (exact) mass is 361 g/mol. The van der Waals surface area contributed by atoms with Gasteiger partial charge in [0.05, 0.1) is 10.7 Å². The molecule has 0 unspecified atom stereocenters. The summed E-state index contributed by atoms with van der Waals surface area (Å²) < 4.78 is 3.41. The minimum atomic E-state index is 0.313. The molecule has 7 heteroatoms. The largest absolute Gasteiger partial charge is 0.619 e. The van der Waals surface area contributed by atoms with Crippen LogP contribution in [0, 0.1) is 5.21 Å². The second-order valence-corrected chi connectivity index (χ2v) is 6.23. The molecule has 0 aromatic carbocycles. The van der Waals surface area contributed by atoms with Crippen molar-refractivity contribution >= 4 is 27.4 Å².